The van der Waals surface area contributed by atoms with Gasteiger partial charge in [-0.2, -0.15) is 13.2 Å². The van der Waals surface area contributed by atoms with Gasteiger partial charge in [-0.25, -0.2) is 22.8 Å². The number of halogens is 3. The highest BCUT2D eigenvalue weighted by Crippen LogP contribution is 2.29. The van der Waals surface area contributed by atoms with Crippen molar-refractivity contribution in [2.45, 2.75) is 17.6 Å². The zero-order chi connectivity index (χ0) is 22.8. The lowest BCUT2D eigenvalue weighted by atomic mass is 10.2. The second kappa shape index (κ2) is 8.43. The molecule has 1 heterocycles. The molecule has 0 atom stereocenters. The molecule has 0 saturated heterocycles. The molecule has 2 aromatic carbocycles. The number of sulfonamides is 1. The molecule has 3 N–H and O–H groups in total. The van der Waals surface area contributed by atoms with Gasteiger partial charge in [0.05, 0.1) is 19.9 Å². The fourth-order valence-electron chi connectivity index (χ4n) is 2.69. The van der Waals surface area contributed by atoms with E-state index in [4.69, 9.17) is 15.2 Å². The van der Waals surface area contributed by atoms with E-state index in [0.717, 1.165) is 17.1 Å². The molecule has 0 bridgehead atoms. The van der Waals surface area contributed by atoms with Crippen LogP contribution >= 0.6 is 0 Å². The molecule has 0 fully saturated rings. The molecule has 3 aromatic rings. The molecular weight excluding hydrogens is 439 g/mol. The summed E-state index contributed by atoms with van der Waals surface area (Å²) in [5.41, 5.74) is 6.17. The number of aromatic nitrogens is 3. The minimum absolute atomic E-state index is 0.0994. The minimum Gasteiger partial charge on any atom is -0.497 e. The molecule has 3 rings (SSSR count). The van der Waals surface area contributed by atoms with Crippen molar-refractivity contribution in [2.75, 3.05) is 20.0 Å². The Morgan fingerprint density at radius 1 is 1.13 bits per heavy atom. The molecule has 13 heteroatoms. The smallest absolute Gasteiger partial charge is 0.453 e. The van der Waals surface area contributed by atoms with Crippen LogP contribution in [0.1, 0.15) is 11.4 Å². The van der Waals surface area contributed by atoms with Gasteiger partial charge >= 0.3 is 6.18 Å². The van der Waals surface area contributed by atoms with Crippen molar-refractivity contribution in [3.63, 3.8) is 0 Å². The number of hydrogen-bond donors (Lipinski definition) is 2. The summed E-state index contributed by atoms with van der Waals surface area (Å²) in [6.07, 6.45) is -4.00. The van der Waals surface area contributed by atoms with E-state index >= 15 is 0 Å². The number of benzene rings is 2. The molecule has 0 spiro atoms. The van der Waals surface area contributed by atoms with E-state index in [9.17, 15) is 21.6 Å². The summed E-state index contributed by atoms with van der Waals surface area (Å²) in [6, 6.07) is 8.55. The first kappa shape index (κ1) is 22.4. The summed E-state index contributed by atoms with van der Waals surface area (Å²) in [5.74, 6) is -0.488. The Bertz CT molecular complexity index is 1200. The third kappa shape index (κ3) is 4.88. The van der Waals surface area contributed by atoms with Gasteiger partial charge in [0.25, 0.3) is 5.82 Å². The summed E-state index contributed by atoms with van der Waals surface area (Å²) >= 11 is 0. The first-order chi connectivity index (χ1) is 14.5. The second-order valence-corrected chi connectivity index (χ2v) is 7.98. The molecule has 166 valence electrons. The number of nitrogens with one attached hydrogen (secondary N) is 1. The van der Waals surface area contributed by atoms with Crippen LogP contribution in [0.15, 0.2) is 47.6 Å². The van der Waals surface area contributed by atoms with E-state index in [0.29, 0.717) is 17.1 Å². The van der Waals surface area contributed by atoms with Gasteiger partial charge in [0.1, 0.15) is 22.7 Å². The molecular formula is C18H18F3N5O4S. The number of nitrogen functional groups attached to an aromatic ring is 1. The van der Waals surface area contributed by atoms with Crippen LogP contribution in [-0.4, -0.2) is 37.4 Å². The van der Waals surface area contributed by atoms with E-state index in [-0.39, 0.29) is 22.8 Å². The van der Waals surface area contributed by atoms with Crippen LogP contribution in [0.4, 0.5) is 18.9 Å². The Balaban J connectivity index is 1.95. The van der Waals surface area contributed by atoms with Crippen LogP contribution in [0.5, 0.6) is 11.5 Å². The largest absolute Gasteiger partial charge is 0.497 e. The number of anilines is 1. The van der Waals surface area contributed by atoms with Gasteiger partial charge in [-0.1, -0.05) is 6.07 Å². The number of ether oxygens (including phenoxy) is 2. The van der Waals surface area contributed by atoms with Crippen molar-refractivity contribution in [3.05, 3.63) is 54.1 Å². The molecule has 9 nitrogen and oxygen atoms in total. The van der Waals surface area contributed by atoms with E-state index in [2.05, 4.69) is 14.8 Å². The highest BCUT2D eigenvalue weighted by molar-refractivity contribution is 7.89. The predicted octanol–water partition coefficient (Wildman–Crippen LogP) is 2.36. The Morgan fingerprint density at radius 2 is 1.87 bits per heavy atom. The third-order valence-electron chi connectivity index (χ3n) is 4.21. The second-order valence-electron chi connectivity index (χ2n) is 6.24. The van der Waals surface area contributed by atoms with Crippen molar-refractivity contribution in [1.29, 1.82) is 0 Å². The monoisotopic (exact) mass is 457 g/mol. The molecule has 0 saturated carbocycles. The van der Waals surface area contributed by atoms with Gasteiger partial charge in [-0.05, 0) is 24.3 Å². The Hall–Kier alpha value is -3.32. The molecule has 0 unspecified atom stereocenters. The Kier molecular flexibility index (Phi) is 6.08. The summed E-state index contributed by atoms with van der Waals surface area (Å²) < 4.78 is 77.9. The van der Waals surface area contributed by atoms with Gasteiger partial charge in [-0.3, -0.25) is 0 Å². The van der Waals surface area contributed by atoms with Crippen LogP contribution in [0.2, 0.25) is 0 Å². The van der Waals surface area contributed by atoms with Crippen molar-refractivity contribution in [3.8, 4) is 17.2 Å². The fourth-order valence-corrected chi connectivity index (χ4v) is 3.92. The maximum Gasteiger partial charge on any atom is 0.453 e. The Labute approximate surface area is 175 Å². The fraction of sp³-hybridized carbons (Fsp3) is 0.222. The SMILES string of the molecule is COc1ccc(CNS(=O)(=O)c2cc(N)ccc2-n2cnc(C(F)(F)F)n2)c(OC)c1. The first-order valence-electron chi connectivity index (χ1n) is 8.64. The number of nitrogens with zero attached hydrogens (tertiary/aromatic N) is 3. The highest BCUT2D eigenvalue weighted by atomic mass is 32.2. The Morgan fingerprint density at radius 3 is 2.48 bits per heavy atom. The van der Waals surface area contributed by atoms with Gasteiger partial charge in [0, 0.05) is 23.9 Å². The van der Waals surface area contributed by atoms with Gasteiger partial charge < -0.3 is 15.2 Å². The number of hydrogen-bond acceptors (Lipinski definition) is 7. The quantitative estimate of drug-likeness (QED) is 0.523. The lowest BCUT2D eigenvalue weighted by Crippen LogP contribution is -2.25. The molecule has 0 aliphatic carbocycles. The van der Waals surface area contributed by atoms with Gasteiger partial charge in [-0.15, -0.1) is 5.10 Å². The average molecular weight is 457 g/mol. The number of nitrogens with two attached hydrogens (primary N) is 1. The lowest BCUT2D eigenvalue weighted by Gasteiger charge is -2.14. The summed E-state index contributed by atoms with van der Waals surface area (Å²) in [7, 11) is -1.31. The molecule has 0 aliphatic rings. The molecule has 0 amide bonds. The van der Waals surface area contributed by atoms with Crippen LogP contribution in [-0.2, 0) is 22.7 Å². The zero-order valence-corrected chi connectivity index (χ0v) is 17.2. The maximum absolute atomic E-state index is 13.0. The number of alkyl halides is 3. The standard InChI is InChI=1S/C18H18F3N5O4S/c1-29-13-5-3-11(15(8-13)30-2)9-24-31(27,28)16-7-12(22)4-6-14(16)26-10-23-17(25-26)18(19,20)21/h3-8,10,24H,9,22H2,1-2H3. The summed E-state index contributed by atoms with van der Waals surface area (Å²) in [5, 5.41) is 3.33. The molecule has 0 radical (unpaired) electrons. The third-order valence-corrected chi connectivity index (χ3v) is 5.64. The molecule has 31 heavy (non-hydrogen) atoms. The van der Waals surface area contributed by atoms with E-state index < -0.39 is 22.0 Å². The van der Waals surface area contributed by atoms with Crippen molar-refractivity contribution >= 4 is 15.7 Å². The molecule has 1 aromatic heterocycles. The lowest BCUT2D eigenvalue weighted by molar-refractivity contribution is -0.144. The van der Waals surface area contributed by atoms with Crippen LogP contribution < -0.4 is 19.9 Å². The molecule has 0 aliphatic heterocycles. The minimum atomic E-state index is -4.78. The highest BCUT2D eigenvalue weighted by Gasteiger charge is 2.36. The van der Waals surface area contributed by atoms with E-state index in [1.807, 2.05) is 0 Å². The first-order valence-corrected chi connectivity index (χ1v) is 10.1. The van der Waals surface area contributed by atoms with Crippen molar-refractivity contribution < 1.29 is 31.1 Å². The van der Waals surface area contributed by atoms with Crippen LogP contribution in [0.3, 0.4) is 0 Å². The van der Waals surface area contributed by atoms with Gasteiger partial charge in [0.2, 0.25) is 10.0 Å². The normalized spacial score (nSPS) is 12.0. The van der Waals surface area contributed by atoms with Crippen molar-refractivity contribution in [1.82, 2.24) is 19.5 Å². The van der Waals surface area contributed by atoms with Gasteiger partial charge in [0.15, 0.2) is 0 Å². The van der Waals surface area contributed by atoms with Crippen molar-refractivity contribution in [2.24, 2.45) is 0 Å². The number of methoxy groups -OCH3 is 2. The summed E-state index contributed by atoms with van der Waals surface area (Å²) in [6.45, 7) is -0.158. The van der Waals surface area contributed by atoms with Crippen LogP contribution in [0, 0.1) is 0 Å². The average Bonchev–Trinajstić information content (AvgIpc) is 3.22. The number of rotatable bonds is 7. The van der Waals surface area contributed by atoms with Crippen LogP contribution in [0.25, 0.3) is 5.69 Å². The topological polar surface area (TPSA) is 121 Å². The van der Waals surface area contributed by atoms with E-state index in [1.165, 1.54) is 26.4 Å². The zero-order valence-electron chi connectivity index (χ0n) is 16.3. The van der Waals surface area contributed by atoms with E-state index in [1.54, 1.807) is 18.2 Å². The maximum atomic E-state index is 13.0. The predicted molar refractivity (Wildman–Crippen MR) is 104 cm³/mol. The summed E-state index contributed by atoms with van der Waals surface area (Å²) in [4.78, 5) is 2.83.